The third-order valence-corrected chi connectivity index (χ3v) is 3.84. The van der Waals surface area contributed by atoms with Crippen LogP contribution in [0.2, 0.25) is 10.3 Å². The predicted octanol–water partition coefficient (Wildman–Crippen LogP) is 3.83. The third-order valence-electron chi connectivity index (χ3n) is 3.43. The Morgan fingerprint density at radius 2 is 1.86 bits per heavy atom. The molecule has 3 rings (SSSR count). The van der Waals surface area contributed by atoms with E-state index in [1.54, 1.807) is 0 Å². The number of halogens is 2. The normalized spacial score (nSPS) is 14.5. The monoisotopic (exact) mass is 323 g/mol. The van der Waals surface area contributed by atoms with E-state index in [1.807, 2.05) is 25.1 Å². The first-order valence-electron chi connectivity index (χ1n) is 6.81. The number of rotatable bonds is 3. The highest BCUT2D eigenvalue weighted by Crippen LogP contribution is 2.24. The van der Waals surface area contributed by atoms with Crippen LogP contribution >= 0.6 is 23.2 Å². The number of anilines is 3. The van der Waals surface area contributed by atoms with E-state index in [4.69, 9.17) is 23.2 Å². The first kappa shape index (κ1) is 14.4. The molecule has 1 aliphatic rings. The smallest absolute Gasteiger partial charge is 0.233 e. The minimum Gasteiger partial charge on any atom is -0.341 e. The SMILES string of the molecule is Cc1ccc(Cl)cc1Nc1nc(Cl)nc(N2CCCC2)n1. The Hall–Kier alpha value is -1.59. The highest BCUT2D eigenvalue weighted by Gasteiger charge is 2.17. The van der Waals surface area contributed by atoms with Gasteiger partial charge in [-0.1, -0.05) is 17.7 Å². The molecule has 0 unspecified atom stereocenters. The lowest BCUT2D eigenvalue weighted by Crippen LogP contribution is -2.21. The molecular formula is C14H15Cl2N5. The van der Waals surface area contributed by atoms with Crippen molar-refractivity contribution in [3.8, 4) is 0 Å². The van der Waals surface area contributed by atoms with Gasteiger partial charge in [0.05, 0.1) is 0 Å². The van der Waals surface area contributed by atoms with Crippen molar-refractivity contribution >= 4 is 40.8 Å². The van der Waals surface area contributed by atoms with E-state index in [0.717, 1.165) is 37.2 Å². The molecule has 0 atom stereocenters. The molecule has 1 aliphatic heterocycles. The highest BCUT2D eigenvalue weighted by atomic mass is 35.5. The molecule has 0 saturated carbocycles. The summed E-state index contributed by atoms with van der Waals surface area (Å²) in [6.07, 6.45) is 2.30. The van der Waals surface area contributed by atoms with Crippen molar-refractivity contribution in [1.82, 2.24) is 15.0 Å². The van der Waals surface area contributed by atoms with Gasteiger partial charge in [-0.2, -0.15) is 15.0 Å². The van der Waals surface area contributed by atoms with Crippen LogP contribution in [0.15, 0.2) is 18.2 Å². The number of hydrogen-bond acceptors (Lipinski definition) is 5. The van der Waals surface area contributed by atoms with Gasteiger partial charge in [0, 0.05) is 23.8 Å². The molecule has 5 nitrogen and oxygen atoms in total. The molecule has 1 saturated heterocycles. The molecule has 21 heavy (non-hydrogen) atoms. The molecule has 1 fully saturated rings. The van der Waals surface area contributed by atoms with E-state index in [9.17, 15) is 0 Å². The summed E-state index contributed by atoms with van der Waals surface area (Å²) in [6.45, 7) is 3.90. The summed E-state index contributed by atoms with van der Waals surface area (Å²) >= 11 is 12.0. The van der Waals surface area contributed by atoms with Crippen molar-refractivity contribution in [2.75, 3.05) is 23.3 Å². The fourth-order valence-electron chi connectivity index (χ4n) is 2.30. The Morgan fingerprint density at radius 3 is 2.62 bits per heavy atom. The summed E-state index contributed by atoms with van der Waals surface area (Å²) in [6, 6.07) is 5.62. The summed E-state index contributed by atoms with van der Waals surface area (Å²) < 4.78 is 0. The van der Waals surface area contributed by atoms with Gasteiger partial charge in [-0.05, 0) is 49.1 Å². The predicted molar refractivity (Wildman–Crippen MR) is 85.8 cm³/mol. The van der Waals surface area contributed by atoms with Crippen LogP contribution in [-0.2, 0) is 0 Å². The minimum absolute atomic E-state index is 0.189. The maximum absolute atomic E-state index is 6.02. The molecule has 0 spiro atoms. The number of aromatic nitrogens is 3. The second-order valence-corrected chi connectivity index (χ2v) is 5.78. The average Bonchev–Trinajstić information content (AvgIpc) is 2.96. The Balaban J connectivity index is 1.89. The van der Waals surface area contributed by atoms with Crippen LogP contribution in [0.4, 0.5) is 17.6 Å². The quantitative estimate of drug-likeness (QED) is 0.930. The first-order chi connectivity index (χ1) is 10.1. The van der Waals surface area contributed by atoms with E-state index in [0.29, 0.717) is 16.9 Å². The first-order valence-corrected chi connectivity index (χ1v) is 7.57. The number of nitrogens with zero attached hydrogens (tertiary/aromatic N) is 4. The van der Waals surface area contributed by atoms with Crippen LogP contribution in [0.25, 0.3) is 0 Å². The van der Waals surface area contributed by atoms with Gasteiger partial charge in [-0.25, -0.2) is 0 Å². The van der Waals surface area contributed by atoms with Gasteiger partial charge < -0.3 is 10.2 Å². The Morgan fingerprint density at radius 1 is 1.10 bits per heavy atom. The van der Waals surface area contributed by atoms with Crippen molar-refractivity contribution < 1.29 is 0 Å². The maximum atomic E-state index is 6.02. The third kappa shape index (κ3) is 3.36. The van der Waals surface area contributed by atoms with Crippen LogP contribution in [0.5, 0.6) is 0 Å². The molecule has 0 bridgehead atoms. The molecular weight excluding hydrogens is 309 g/mol. The summed E-state index contributed by atoms with van der Waals surface area (Å²) in [5.74, 6) is 1.05. The number of hydrogen-bond donors (Lipinski definition) is 1. The fourth-order valence-corrected chi connectivity index (χ4v) is 2.63. The zero-order valence-electron chi connectivity index (χ0n) is 11.6. The van der Waals surface area contributed by atoms with Crippen molar-refractivity contribution in [2.45, 2.75) is 19.8 Å². The molecule has 0 amide bonds. The Kier molecular flexibility index (Phi) is 4.12. The topological polar surface area (TPSA) is 53.9 Å². The summed E-state index contributed by atoms with van der Waals surface area (Å²) in [7, 11) is 0. The van der Waals surface area contributed by atoms with Crippen molar-refractivity contribution in [1.29, 1.82) is 0 Å². The van der Waals surface area contributed by atoms with E-state index < -0.39 is 0 Å². The van der Waals surface area contributed by atoms with E-state index in [1.165, 1.54) is 0 Å². The van der Waals surface area contributed by atoms with Gasteiger partial charge in [-0.15, -0.1) is 0 Å². The van der Waals surface area contributed by atoms with Gasteiger partial charge >= 0.3 is 0 Å². The van der Waals surface area contributed by atoms with Crippen LogP contribution < -0.4 is 10.2 Å². The Labute approximate surface area is 133 Å². The van der Waals surface area contributed by atoms with Crippen molar-refractivity contribution in [3.63, 3.8) is 0 Å². The molecule has 2 heterocycles. The number of benzene rings is 1. The summed E-state index contributed by atoms with van der Waals surface area (Å²) in [5.41, 5.74) is 1.91. The van der Waals surface area contributed by atoms with Crippen molar-refractivity contribution in [2.24, 2.45) is 0 Å². The van der Waals surface area contributed by atoms with E-state index in [-0.39, 0.29) is 5.28 Å². The molecule has 0 radical (unpaired) electrons. The number of nitrogens with one attached hydrogen (secondary N) is 1. The molecule has 7 heteroatoms. The summed E-state index contributed by atoms with van der Waals surface area (Å²) in [4.78, 5) is 14.9. The largest absolute Gasteiger partial charge is 0.341 e. The zero-order valence-corrected chi connectivity index (χ0v) is 13.1. The van der Waals surface area contributed by atoms with Crippen molar-refractivity contribution in [3.05, 3.63) is 34.1 Å². The molecule has 0 aliphatic carbocycles. The van der Waals surface area contributed by atoms with Gasteiger partial charge in [0.1, 0.15) is 0 Å². The van der Waals surface area contributed by atoms with Crippen LogP contribution in [0.1, 0.15) is 18.4 Å². The standard InChI is InChI=1S/C14H15Cl2N5/c1-9-4-5-10(15)8-11(9)17-13-18-12(16)19-14(20-13)21-6-2-3-7-21/h4-5,8H,2-3,6-7H2,1H3,(H,17,18,19,20). The Bertz CT molecular complexity index is 656. The van der Waals surface area contributed by atoms with Gasteiger partial charge in [0.2, 0.25) is 17.2 Å². The van der Waals surface area contributed by atoms with E-state index in [2.05, 4.69) is 25.2 Å². The average molecular weight is 324 g/mol. The maximum Gasteiger partial charge on any atom is 0.233 e. The lowest BCUT2D eigenvalue weighted by Gasteiger charge is -2.16. The molecule has 1 aromatic carbocycles. The number of aryl methyl sites for hydroxylation is 1. The van der Waals surface area contributed by atoms with Gasteiger partial charge in [0.25, 0.3) is 0 Å². The molecule has 1 aromatic heterocycles. The molecule has 110 valence electrons. The highest BCUT2D eigenvalue weighted by molar-refractivity contribution is 6.31. The second kappa shape index (κ2) is 6.03. The molecule has 2 aromatic rings. The van der Waals surface area contributed by atoms with Crippen LogP contribution in [-0.4, -0.2) is 28.0 Å². The lowest BCUT2D eigenvalue weighted by atomic mass is 10.2. The van der Waals surface area contributed by atoms with Crippen LogP contribution in [0.3, 0.4) is 0 Å². The lowest BCUT2D eigenvalue weighted by molar-refractivity contribution is 0.883. The zero-order chi connectivity index (χ0) is 14.8. The van der Waals surface area contributed by atoms with Crippen LogP contribution in [0, 0.1) is 6.92 Å². The van der Waals surface area contributed by atoms with E-state index >= 15 is 0 Å². The van der Waals surface area contributed by atoms with Gasteiger partial charge in [0.15, 0.2) is 0 Å². The molecule has 1 N–H and O–H groups in total. The second-order valence-electron chi connectivity index (χ2n) is 5.01. The fraction of sp³-hybridized carbons (Fsp3) is 0.357. The minimum atomic E-state index is 0.189. The van der Waals surface area contributed by atoms with Gasteiger partial charge in [-0.3, -0.25) is 0 Å². The summed E-state index contributed by atoms with van der Waals surface area (Å²) in [5, 5.41) is 4.00.